The molecule has 0 aliphatic rings. The third kappa shape index (κ3) is 3.24. The van der Waals surface area contributed by atoms with Crippen LogP contribution in [0.25, 0.3) is 0 Å². The molecule has 0 bridgehead atoms. The molecule has 0 spiro atoms. The standard InChI is InChI=1S/C10H13BrClNO/c1-3-14-13-7(2)9-5-4-8(11)6-10(9)12/h4-7,13H,3H2,1-2H3. The Balaban J connectivity index is 2.74. The maximum absolute atomic E-state index is 6.08. The summed E-state index contributed by atoms with van der Waals surface area (Å²) in [5, 5.41) is 0.735. The summed E-state index contributed by atoms with van der Waals surface area (Å²) in [5.41, 5.74) is 3.94. The molecule has 0 heterocycles. The van der Waals surface area contributed by atoms with Crippen LogP contribution in [0.2, 0.25) is 5.02 Å². The van der Waals surface area contributed by atoms with Crippen LogP contribution in [0.5, 0.6) is 0 Å². The summed E-state index contributed by atoms with van der Waals surface area (Å²) in [5.74, 6) is 0. The molecule has 1 N–H and O–H groups in total. The molecule has 0 aromatic heterocycles. The Bertz CT molecular complexity index is 306. The zero-order valence-corrected chi connectivity index (χ0v) is 10.5. The van der Waals surface area contributed by atoms with Gasteiger partial charge in [0.25, 0.3) is 0 Å². The highest BCUT2D eigenvalue weighted by Gasteiger charge is 2.08. The Morgan fingerprint density at radius 1 is 1.57 bits per heavy atom. The summed E-state index contributed by atoms with van der Waals surface area (Å²) in [6.07, 6.45) is 0. The molecule has 2 nitrogen and oxygen atoms in total. The third-order valence-corrected chi connectivity index (χ3v) is 2.65. The molecule has 1 unspecified atom stereocenters. The second-order valence-electron chi connectivity index (χ2n) is 2.94. The first-order chi connectivity index (χ1) is 6.65. The van der Waals surface area contributed by atoms with E-state index in [0.717, 1.165) is 15.1 Å². The van der Waals surface area contributed by atoms with Crippen LogP contribution in [-0.4, -0.2) is 6.61 Å². The van der Waals surface area contributed by atoms with Crippen LogP contribution >= 0.6 is 27.5 Å². The highest BCUT2D eigenvalue weighted by molar-refractivity contribution is 9.10. The van der Waals surface area contributed by atoms with Gasteiger partial charge in [-0.05, 0) is 31.5 Å². The lowest BCUT2D eigenvalue weighted by Gasteiger charge is -2.14. The number of rotatable bonds is 4. The van der Waals surface area contributed by atoms with Crippen molar-refractivity contribution in [2.45, 2.75) is 19.9 Å². The van der Waals surface area contributed by atoms with Crippen LogP contribution < -0.4 is 5.48 Å². The highest BCUT2D eigenvalue weighted by atomic mass is 79.9. The van der Waals surface area contributed by atoms with Gasteiger partial charge in [0.2, 0.25) is 0 Å². The predicted octanol–water partition coefficient (Wildman–Crippen LogP) is 3.70. The molecular formula is C10H13BrClNO. The van der Waals surface area contributed by atoms with Crippen molar-refractivity contribution in [3.63, 3.8) is 0 Å². The molecule has 0 amide bonds. The molecule has 1 aromatic carbocycles. The van der Waals surface area contributed by atoms with E-state index in [9.17, 15) is 0 Å². The number of halogens is 2. The SMILES string of the molecule is CCONC(C)c1ccc(Br)cc1Cl. The first-order valence-electron chi connectivity index (χ1n) is 4.47. The van der Waals surface area contributed by atoms with Gasteiger partial charge in [0, 0.05) is 9.50 Å². The molecule has 0 saturated carbocycles. The van der Waals surface area contributed by atoms with Crippen molar-refractivity contribution < 1.29 is 4.84 Å². The van der Waals surface area contributed by atoms with E-state index >= 15 is 0 Å². The van der Waals surface area contributed by atoms with E-state index in [2.05, 4.69) is 21.4 Å². The van der Waals surface area contributed by atoms with E-state index in [0.29, 0.717) is 6.61 Å². The number of benzene rings is 1. The molecule has 78 valence electrons. The summed E-state index contributed by atoms with van der Waals surface area (Å²) in [4.78, 5) is 5.11. The molecule has 1 rings (SSSR count). The van der Waals surface area contributed by atoms with Crippen molar-refractivity contribution in [2.75, 3.05) is 6.61 Å². The van der Waals surface area contributed by atoms with E-state index in [4.69, 9.17) is 16.4 Å². The van der Waals surface area contributed by atoms with Gasteiger partial charge in [-0.2, -0.15) is 5.48 Å². The van der Waals surface area contributed by atoms with E-state index in [1.165, 1.54) is 0 Å². The first kappa shape index (κ1) is 12.0. The molecule has 1 aromatic rings. The van der Waals surface area contributed by atoms with E-state index < -0.39 is 0 Å². The number of hydroxylamine groups is 1. The molecule has 14 heavy (non-hydrogen) atoms. The van der Waals surface area contributed by atoms with Crippen LogP contribution in [-0.2, 0) is 4.84 Å². The largest absolute Gasteiger partial charge is 0.302 e. The fourth-order valence-electron chi connectivity index (χ4n) is 1.12. The molecule has 0 saturated heterocycles. The maximum Gasteiger partial charge on any atom is 0.0654 e. The monoisotopic (exact) mass is 277 g/mol. The zero-order chi connectivity index (χ0) is 10.6. The van der Waals surface area contributed by atoms with Crippen molar-refractivity contribution in [3.05, 3.63) is 33.3 Å². The molecule has 0 fully saturated rings. The van der Waals surface area contributed by atoms with Crippen molar-refractivity contribution in [1.29, 1.82) is 0 Å². The quantitative estimate of drug-likeness (QED) is 0.848. The van der Waals surface area contributed by atoms with Gasteiger partial charge in [-0.1, -0.05) is 33.6 Å². The lowest BCUT2D eigenvalue weighted by atomic mass is 10.1. The summed E-state index contributed by atoms with van der Waals surface area (Å²) >= 11 is 9.44. The van der Waals surface area contributed by atoms with Gasteiger partial charge in [0.15, 0.2) is 0 Å². The second kappa shape index (κ2) is 5.71. The Kier molecular flexibility index (Phi) is 4.89. The highest BCUT2D eigenvalue weighted by Crippen LogP contribution is 2.26. The minimum Gasteiger partial charge on any atom is -0.302 e. The van der Waals surface area contributed by atoms with Gasteiger partial charge < -0.3 is 4.84 Å². The van der Waals surface area contributed by atoms with Gasteiger partial charge in [-0.25, -0.2) is 0 Å². The van der Waals surface area contributed by atoms with Crippen molar-refractivity contribution in [2.24, 2.45) is 0 Å². The summed E-state index contributed by atoms with van der Waals surface area (Å²) < 4.78 is 0.981. The molecule has 4 heteroatoms. The smallest absolute Gasteiger partial charge is 0.0654 e. The van der Waals surface area contributed by atoms with Crippen LogP contribution in [0.1, 0.15) is 25.5 Å². The van der Waals surface area contributed by atoms with E-state index in [-0.39, 0.29) is 6.04 Å². The third-order valence-electron chi connectivity index (χ3n) is 1.83. The lowest BCUT2D eigenvalue weighted by Crippen LogP contribution is -2.19. The van der Waals surface area contributed by atoms with Crippen LogP contribution in [0.3, 0.4) is 0 Å². The van der Waals surface area contributed by atoms with Crippen LogP contribution in [0.4, 0.5) is 0 Å². The molecular weight excluding hydrogens is 265 g/mol. The fourth-order valence-corrected chi connectivity index (χ4v) is 1.96. The zero-order valence-electron chi connectivity index (χ0n) is 8.18. The van der Waals surface area contributed by atoms with Gasteiger partial charge in [-0.3, -0.25) is 0 Å². The van der Waals surface area contributed by atoms with E-state index in [1.807, 2.05) is 32.0 Å². The van der Waals surface area contributed by atoms with Crippen molar-refractivity contribution in [3.8, 4) is 0 Å². The van der Waals surface area contributed by atoms with Crippen molar-refractivity contribution >= 4 is 27.5 Å². The lowest BCUT2D eigenvalue weighted by molar-refractivity contribution is 0.0285. The van der Waals surface area contributed by atoms with Gasteiger partial charge in [-0.15, -0.1) is 0 Å². The Hall–Kier alpha value is -0.0900. The summed E-state index contributed by atoms with van der Waals surface area (Å²) in [7, 11) is 0. The first-order valence-corrected chi connectivity index (χ1v) is 5.64. The Morgan fingerprint density at radius 2 is 2.29 bits per heavy atom. The fraction of sp³-hybridized carbons (Fsp3) is 0.400. The average molecular weight is 279 g/mol. The predicted molar refractivity (Wildman–Crippen MR) is 62.3 cm³/mol. The average Bonchev–Trinajstić information content (AvgIpc) is 2.14. The second-order valence-corrected chi connectivity index (χ2v) is 4.26. The normalized spacial score (nSPS) is 12.9. The Labute approximate surface area is 97.7 Å². The molecule has 0 aliphatic heterocycles. The number of hydrogen-bond acceptors (Lipinski definition) is 2. The molecule has 0 aliphatic carbocycles. The molecule has 1 atom stereocenters. The summed E-state index contributed by atoms with van der Waals surface area (Å²) in [6, 6.07) is 5.91. The van der Waals surface area contributed by atoms with Crippen LogP contribution in [0.15, 0.2) is 22.7 Å². The van der Waals surface area contributed by atoms with Gasteiger partial charge in [0.1, 0.15) is 0 Å². The van der Waals surface area contributed by atoms with Gasteiger partial charge in [0.05, 0.1) is 12.6 Å². The Morgan fingerprint density at radius 3 is 2.86 bits per heavy atom. The minimum atomic E-state index is 0.0931. The molecule has 0 radical (unpaired) electrons. The maximum atomic E-state index is 6.08. The summed E-state index contributed by atoms with van der Waals surface area (Å²) in [6.45, 7) is 4.58. The number of nitrogens with one attached hydrogen (secondary N) is 1. The number of hydrogen-bond donors (Lipinski definition) is 1. The topological polar surface area (TPSA) is 21.3 Å². The van der Waals surface area contributed by atoms with Crippen molar-refractivity contribution in [1.82, 2.24) is 5.48 Å². The van der Waals surface area contributed by atoms with Crippen LogP contribution in [0, 0.1) is 0 Å². The van der Waals surface area contributed by atoms with E-state index in [1.54, 1.807) is 0 Å². The minimum absolute atomic E-state index is 0.0931. The van der Waals surface area contributed by atoms with Gasteiger partial charge >= 0.3 is 0 Å².